The second kappa shape index (κ2) is 6.21. The first kappa shape index (κ1) is 14.1. The van der Waals surface area contributed by atoms with Crippen LogP contribution in [0.25, 0.3) is 0 Å². The van der Waals surface area contributed by atoms with E-state index in [-0.39, 0.29) is 23.7 Å². The Hall–Kier alpha value is -1.33. The number of rotatable bonds is 4. The molecule has 0 saturated carbocycles. The van der Waals surface area contributed by atoms with Gasteiger partial charge in [-0.15, -0.1) is 0 Å². The summed E-state index contributed by atoms with van der Waals surface area (Å²) in [5.74, 6) is 0.337. The summed E-state index contributed by atoms with van der Waals surface area (Å²) in [4.78, 5) is 16.3. The molecule has 19 heavy (non-hydrogen) atoms. The van der Waals surface area contributed by atoms with Crippen molar-refractivity contribution in [2.75, 3.05) is 19.0 Å². The number of anilines is 1. The molecule has 1 aliphatic heterocycles. The third-order valence-corrected chi connectivity index (χ3v) is 3.50. The Morgan fingerprint density at radius 3 is 3.00 bits per heavy atom. The number of carbonyl (C=O) groups is 1. The van der Waals surface area contributed by atoms with Crippen LogP contribution < -0.4 is 10.6 Å². The molecular formula is C13H18ClN3O2. The van der Waals surface area contributed by atoms with Crippen LogP contribution in [0.2, 0.25) is 5.02 Å². The molecule has 1 aromatic heterocycles. The van der Waals surface area contributed by atoms with Crippen LogP contribution in [0.3, 0.4) is 0 Å². The lowest BCUT2D eigenvalue weighted by Crippen LogP contribution is -2.41. The van der Waals surface area contributed by atoms with Crippen LogP contribution in [0.5, 0.6) is 0 Å². The molecular weight excluding hydrogens is 266 g/mol. The Morgan fingerprint density at radius 1 is 1.58 bits per heavy atom. The molecule has 1 fully saturated rings. The van der Waals surface area contributed by atoms with Crippen LogP contribution in [0.4, 0.5) is 5.82 Å². The monoisotopic (exact) mass is 283 g/mol. The van der Waals surface area contributed by atoms with Gasteiger partial charge in [0.25, 0.3) is 5.91 Å². The number of pyridine rings is 1. The van der Waals surface area contributed by atoms with Gasteiger partial charge >= 0.3 is 0 Å². The minimum Gasteiger partial charge on any atom is -0.376 e. The fourth-order valence-electron chi connectivity index (χ4n) is 2.11. The largest absolute Gasteiger partial charge is 0.376 e. The normalized spacial score (nSPS) is 20.1. The number of amides is 1. The number of nitrogens with one attached hydrogen (secondary N) is 2. The van der Waals surface area contributed by atoms with Gasteiger partial charge in [-0.25, -0.2) is 4.98 Å². The van der Waals surface area contributed by atoms with Crippen LogP contribution in [-0.2, 0) is 4.74 Å². The van der Waals surface area contributed by atoms with Gasteiger partial charge in [0, 0.05) is 13.7 Å². The average Bonchev–Trinajstić information content (AvgIpc) is 2.93. The lowest BCUT2D eigenvalue weighted by atomic mass is 10.1. The highest BCUT2D eigenvalue weighted by molar-refractivity contribution is 6.33. The Bertz CT molecular complexity index is 461. The van der Waals surface area contributed by atoms with Crippen molar-refractivity contribution in [2.45, 2.75) is 31.9 Å². The quantitative estimate of drug-likeness (QED) is 0.888. The highest BCUT2D eigenvalue weighted by Crippen LogP contribution is 2.18. The van der Waals surface area contributed by atoms with E-state index in [0.29, 0.717) is 10.8 Å². The Balaban J connectivity index is 2.06. The van der Waals surface area contributed by atoms with E-state index in [1.165, 1.54) is 0 Å². The average molecular weight is 284 g/mol. The molecule has 1 saturated heterocycles. The number of hydrogen-bond acceptors (Lipinski definition) is 4. The first-order valence-electron chi connectivity index (χ1n) is 6.38. The molecule has 1 aliphatic rings. The first-order valence-corrected chi connectivity index (χ1v) is 6.76. The first-order chi connectivity index (χ1) is 9.11. The molecule has 2 atom stereocenters. The second-order valence-electron chi connectivity index (χ2n) is 4.59. The summed E-state index contributed by atoms with van der Waals surface area (Å²) in [6, 6.07) is 3.33. The Labute approximate surface area is 117 Å². The minimum absolute atomic E-state index is 0.0499. The van der Waals surface area contributed by atoms with E-state index in [2.05, 4.69) is 15.6 Å². The highest BCUT2D eigenvalue weighted by atomic mass is 35.5. The van der Waals surface area contributed by atoms with Gasteiger partial charge in [0.05, 0.1) is 17.2 Å². The van der Waals surface area contributed by atoms with Crippen molar-refractivity contribution in [3.05, 3.63) is 22.8 Å². The Kier molecular flexibility index (Phi) is 4.61. The SMILES string of the molecule is CNc1ccc(Cl)c(C(=O)NC(C)C2CCCO2)n1. The molecule has 1 amide bonds. The maximum Gasteiger partial charge on any atom is 0.271 e. The Morgan fingerprint density at radius 2 is 2.37 bits per heavy atom. The van der Waals surface area contributed by atoms with Gasteiger partial charge < -0.3 is 15.4 Å². The molecule has 0 bridgehead atoms. The van der Waals surface area contributed by atoms with Crippen LogP contribution >= 0.6 is 11.6 Å². The highest BCUT2D eigenvalue weighted by Gasteiger charge is 2.25. The number of ether oxygens (including phenoxy) is 1. The molecule has 5 nitrogen and oxygen atoms in total. The van der Waals surface area contributed by atoms with Gasteiger partial charge in [0.15, 0.2) is 0 Å². The van der Waals surface area contributed by atoms with Crippen LogP contribution in [0, 0.1) is 0 Å². The van der Waals surface area contributed by atoms with Crippen molar-refractivity contribution < 1.29 is 9.53 Å². The van der Waals surface area contributed by atoms with Gasteiger partial charge in [0.2, 0.25) is 0 Å². The molecule has 0 spiro atoms. The molecule has 1 aromatic rings. The zero-order valence-electron chi connectivity index (χ0n) is 11.1. The van der Waals surface area contributed by atoms with Crippen LogP contribution in [-0.4, -0.2) is 36.7 Å². The summed E-state index contributed by atoms with van der Waals surface area (Å²) in [5.41, 5.74) is 0.235. The van der Waals surface area contributed by atoms with Gasteiger partial charge in [-0.2, -0.15) is 0 Å². The number of aromatic nitrogens is 1. The molecule has 0 radical (unpaired) electrons. The number of nitrogens with zero attached hydrogens (tertiary/aromatic N) is 1. The molecule has 0 aromatic carbocycles. The maximum absolute atomic E-state index is 12.2. The predicted molar refractivity (Wildman–Crippen MR) is 74.7 cm³/mol. The predicted octanol–water partition coefficient (Wildman–Crippen LogP) is 2.07. The van der Waals surface area contributed by atoms with Crippen LogP contribution in [0.1, 0.15) is 30.3 Å². The van der Waals surface area contributed by atoms with E-state index < -0.39 is 0 Å². The summed E-state index contributed by atoms with van der Waals surface area (Å²) in [6.07, 6.45) is 2.09. The fourth-order valence-corrected chi connectivity index (χ4v) is 2.30. The van der Waals surface area contributed by atoms with Crippen molar-refractivity contribution in [3.63, 3.8) is 0 Å². The van der Waals surface area contributed by atoms with Crippen molar-refractivity contribution in [1.29, 1.82) is 0 Å². The minimum atomic E-state index is -0.273. The van der Waals surface area contributed by atoms with E-state index in [4.69, 9.17) is 16.3 Å². The van der Waals surface area contributed by atoms with Gasteiger partial charge in [0.1, 0.15) is 11.5 Å². The smallest absolute Gasteiger partial charge is 0.271 e. The molecule has 0 aliphatic carbocycles. The lowest BCUT2D eigenvalue weighted by Gasteiger charge is -2.20. The summed E-state index contributed by atoms with van der Waals surface area (Å²) in [7, 11) is 1.74. The molecule has 2 N–H and O–H groups in total. The van der Waals surface area contributed by atoms with Crippen molar-refractivity contribution >= 4 is 23.3 Å². The molecule has 2 unspecified atom stereocenters. The number of hydrogen-bond donors (Lipinski definition) is 2. The summed E-state index contributed by atoms with van der Waals surface area (Å²) < 4.78 is 5.55. The standard InChI is InChI=1S/C13H18ClN3O2/c1-8(10-4-3-7-19-10)16-13(18)12-9(14)5-6-11(15-2)17-12/h5-6,8,10H,3-4,7H2,1-2H3,(H,15,17)(H,16,18). The molecule has 104 valence electrons. The summed E-state index contributed by atoms with van der Waals surface area (Å²) >= 11 is 6.01. The topological polar surface area (TPSA) is 63.2 Å². The molecule has 2 heterocycles. The molecule has 2 rings (SSSR count). The second-order valence-corrected chi connectivity index (χ2v) is 5.00. The third-order valence-electron chi connectivity index (χ3n) is 3.20. The molecule has 6 heteroatoms. The maximum atomic E-state index is 12.2. The van der Waals surface area contributed by atoms with Crippen molar-refractivity contribution in [1.82, 2.24) is 10.3 Å². The zero-order valence-corrected chi connectivity index (χ0v) is 11.8. The third kappa shape index (κ3) is 3.36. The van der Waals surface area contributed by atoms with E-state index in [1.807, 2.05) is 6.92 Å². The van der Waals surface area contributed by atoms with Crippen molar-refractivity contribution in [2.24, 2.45) is 0 Å². The summed E-state index contributed by atoms with van der Waals surface area (Å²) in [6.45, 7) is 2.70. The van der Waals surface area contributed by atoms with Crippen LogP contribution in [0.15, 0.2) is 12.1 Å². The van der Waals surface area contributed by atoms with E-state index in [0.717, 1.165) is 19.4 Å². The van der Waals surface area contributed by atoms with Gasteiger partial charge in [-0.1, -0.05) is 11.6 Å². The van der Waals surface area contributed by atoms with Gasteiger partial charge in [-0.05, 0) is 31.9 Å². The lowest BCUT2D eigenvalue weighted by molar-refractivity contribution is 0.0709. The summed E-state index contributed by atoms with van der Waals surface area (Å²) in [5, 5.41) is 6.12. The van der Waals surface area contributed by atoms with E-state index in [9.17, 15) is 4.79 Å². The van der Waals surface area contributed by atoms with Crippen molar-refractivity contribution in [3.8, 4) is 0 Å². The van der Waals surface area contributed by atoms with E-state index >= 15 is 0 Å². The number of halogens is 1. The zero-order chi connectivity index (χ0) is 13.8. The number of carbonyl (C=O) groups excluding carboxylic acids is 1. The van der Waals surface area contributed by atoms with Gasteiger partial charge in [-0.3, -0.25) is 4.79 Å². The fraction of sp³-hybridized carbons (Fsp3) is 0.538. The van der Waals surface area contributed by atoms with E-state index in [1.54, 1.807) is 19.2 Å².